The second kappa shape index (κ2) is 14.7. The second-order valence-corrected chi connectivity index (χ2v) is 9.21. The maximum absolute atomic E-state index is 13.2. The summed E-state index contributed by atoms with van der Waals surface area (Å²) in [5.41, 5.74) is 2.83. The van der Waals surface area contributed by atoms with E-state index in [0.717, 1.165) is 44.7 Å². The van der Waals surface area contributed by atoms with Gasteiger partial charge >= 0.3 is 5.97 Å². The number of nitrogens with zero attached hydrogens (tertiary/aromatic N) is 4. The fraction of sp³-hybridized carbons (Fsp3) is 0.323. The molecule has 2 aliphatic heterocycles. The van der Waals surface area contributed by atoms with E-state index in [9.17, 15) is 14.7 Å². The Morgan fingerprint density at radius 3 is 2.68 bits per heavy atom. The molecule has 1 saturated heterocycles. The molecule has 2 heterocycles. The molecule has 0 bridgehead atoms. The molecule has 0 saturated carbocycles. The van der Waals surface area contributed by atoms with Gasteiger partial charge in [0.1, 0.15) is 0 Å². The predicted molar refractivity (Wildman–Crippen MR) is 154 cm³/mol. The summed E-state index contributed by atoms with van der Waals surface area (Å²) in [4.78, 5) is 29.3. The maximum Gasteiger partial charge on any atom is 0.331 e. The molecular formula is C31H38N4O3. The lowest BCUT2D eigenvalue weighted by atomic mass is 10.1. The van der Waals surface area contributed by atoms with Crippen LogP contribution in [0, 0.1) is 0 Å². The maximum atomic E-state index is 13.2. The number of hydrogen-bond acceptors (Lipinski definition) is 5. The van der Waals surface area contributed by atoms with Crippen LogP contribution in [-0.2, 0) is 9.59 Å². The van der Waals surface area contributed by atoms with Crippen LogP contribution < -0.4 is 0 Å². The summed E-state index contributed by atoms with van der Waals surface area (Å²) in [6.45, 7) is 10.8. The highest BCUT2D eigenvalue weighted by Gasteiger charge is 2.29. The van der Waals surface area contributed by atoms with Crippen molar-refractivity contribution in [1.29, 1.82) is 0 Å². The molecule has 0 aromatic carbocycles. The molecule has 1 aliphatic carbocycles. The molecular weight excluding hydrogens is 476 g/mol. The predicted octanol–water partition coefficient (Wildman–Crippen LogP) is 5.14. The summed E-state index contributed by atoms with van der Waals surface area (Å²) >= 11 is 0. The van der Waals surface area contributed by atoms with Gasteiger partial charge in [-0.15, -0.1) is 0 Å². The molecule has 0 spiro atoms. The van der Waals surface area contributed by atoms with Crippen molar-refractivity contribution in [3.05, 3.63) is 108 Å². The van der Waals surface area contributed by atoms with Crippen LogP contribution in [0.15, 0.2) is 113 Å². The number of allylic oxidation sites excluding steroid dienone is 13. The molecule has 0 atom stereocenters. The number of aliphatic carboxylic acids is 1. The number of amides is 1. The number of hydrogen-bond donors (Lipinski definition) is 1. The van der Waals surface area contributed by atoms with Crippen molar-refractivity contribution in [2.75, 3.05) is 32.7 Å². The summed E-state index contributed by atoms with van der Waals surface area (Å²) in [5.74, 6) is -1.20. The molecule has 7 heteroatoms. The van der Waals surface area contributed by atoms with Crippen LogP contribution >= 0.6 is 0 Å². The van der Waals surface area contributed by atoms with Crippen molar-refractivity contribution >= 4 is 17.6 Å². The van der Waals surface area contributed by atoms with E-state index in [2.05, 4.69) is 39.3 Å². The monoisotopic (exact) mass is 514 g/mol. The van der Waals surface area contributed by atoms with Crippen molar-refractivity contribution in [3.8, 4) is 0 Å². The smallest absolute Gasteiger partial charge is 0.331 e. The lowest BCUT2D eigenvalue weighted by molar-refractivity contribution is -0.132. The first-order valence-corrected chi connectivity index (χ1v) is 13.1. The molecule has 0 radical (unpaired) electrons. The van der Waals surface area contributed by atoms with E-state index in [1.807, 2.05) is 57.2 Å². The van der Waals surface area contributed by atoms with Crippen molar-refractivity contribution < 1.29 is 14.7 Å². The van der Waals surface area contributed by atoms with Gasteiger partial charge in [0, 0.05) is 38.3 Å². The van der Waals surface area contributed by atoms with Gasteiger partial charge in [0.25, 0.3) is 5.91 Å². The highest BCUT2D eigenvalue weighted by Crippen LogP contribution is 2.24. The minimum Gasteiger partial charge on any atom is -0.478 e. The molecule has 0 aromatic heterocycles. The average Bonchev–Trinajstić information content (AvgIpc) is 3.13. The van der Waals surface area contributed by atoms with Crippen molar-refractivity contribution in [2.45, 2.75) is 33.6 Å². The number of carboxylic acid groups (broad SMARTS) is 1. The lowest BCUT2D eigenvalue weighted by Gasteiger charge is -2.19. The van der Waals surface area contributed by atoms with Crippen LogP contribution in [0.5, 0.6) is 0 Å². The van der Waals surface area contributed by atoms with Crippen LogP contribution in [0.2, 0.25) is 0 Å². The number of rotatable bonds is 9. The summed E-state index contributed by atoms with van der Waals surface area (Å²) in [7, 11) is 0. The Hall–Kier alpha value is -3.97. The second-order valence-electron chi connectivity index (χ2n) is 9.21. The van der Waals surface area contributed by atoms with E-state index in [-0.39, 0.29) is 11.5 Å². The van der Waals surface area contributed by atoms with Gasteiger partial charge in [-0.1, -0.05) is 48.6 Å². The molecule has 7 nitrogen and oxygen atoms in total. The summed E-state index contributed by atoms with van der Waals surface area (Å²) < 4.78 is 0. The molecule has 3 aliphatic rings. The van der Waals surface area contributed by atoms with Crippen molar-refractivity contribution in [2.24, 2.45) is 5.10 Å². The molecule has 1 fully saturated rings. The molecule has 200 valence electrons. The topological polar surface area (TPSA) is 76.5 Å². The molecule has 1 amide bonds. The van der Waals surface area contributed by atoms with E-state index >= 15 is 0 Å². The Balaban J connectivity index is 1.68. The summed E-state index contributed by atoms with van der Waals surface area (Å²) in [5, 5.41) is 15.0. The average molecular weight is 515 g/mol. The fourth-order valence-corrected chi connectivity index (χ4v) is 4.28. The largest absolute Gasteiger partial charge is 0.478 e. The number of carbonyl (C=O) groups excluding carboxylic acids is 1. The molecule has 38 heavy (non-hydrogen) atoms. The third-order valence-electron chi connectivity index (χ3n) is 6.35. The van der Waals surface area contributed by atoms with Gasteiger partial charge in [0.2, 0.25) is 0 Å². The zero-order valence-corrected chi connectivity index (χ0v) is 22.6. The molecule has 3 rings (SSSR count). The van der Waals surface area contributed by atoms with Crippen molar-refractivity contribution in [1.82, 2.24) is 14.8 Å². The van der Waals surface area contributed by atoms with Gasteiger partial charge in [0.05, 0.1) is 17.0 Å². The van der Waals surface area contributed by atoms with Gasteiger partial charge in [-0.05, 0) is 75.8 Å². The SMILES string of the molecule is C/C=C\C=C/CN1CCCN(/C=C/C=C(\C=C/C)/C=C2\C(=O)N(C3=CC=C(C(=O)O)CC=C3)N=C2C)CC1. The van der Waals surface area contributed by atoms with Crippen LogP contribution in [0.4, 0.5) is 0 Å². The van der Waals surface area contributed by atoms with Gasteiger partial charge in [-0.3, -0.25) is 9.69 Å². The van der Waals surface area contributed by atoms with E-state index in [1.165, 1.54) is 11.1 Å². The first-order valence-electron chi connectivity index (χ1n) is 13.1. The van der Waals surface area contributed by atoms with Gasteiger partial charge in [-0.2, -0.15) is 10.1 Å². The van der Waals surface area contributed by atoms with E-state index in [0.29, 0.717) is 23.4 Å². The number of carbonyl (C=O) groups is 2. The highest BCUT2D eigenvalue weighted by molar-refractivity contribution is 6.24. The summed E-state index contributed by atoms with van der Waals surface area (Å²) in [6.07, 6.45) is 28.3. The molecule has 0 unspecified atom stereocenters. The molecule has 0 aromatic rings. The highest BCUT2D eigenvalue weighted by atomic mass is 16.4. The zero-order valence-electron chi connectivity index (χ0n) is 22.6. The Kier molecular flexibility index (Phi) is 11.1. The normalized spacial score (nSPS) is 21.2. The standard InChI is InChI=1S/C31H38N4O3/c1-4-6-7-8-18-33-20-11-21-34(23-22-33)19-10-13-26(12-5-2)24-29-25(3)32-35(30(29)36)28-15-9-14-27(16-17-28)31(37)38/h4-10,12-13,15-17,19,24H,11,14,18,20-23H2,1-3H3,(H,37,38)/b6-4-,8-7-,12-5-,19-10+,26-13+,29-24-. The zero-order chi connectivity index (χ0) is 27.3. The Morgan fingerprint density at radius 2 is 1.92 bits per heavy atom. The molecule has 1 N–H and O–H groups in total. The first-order chi connectivity index (χ1) is 18.4. The van der Waals surface area contributed by atoms with Crippen molar-refractivity contribution in [3.63, 3.8) is 0 Å². The third kappa shape index (κ3) is 8.28. The van der Waals surface area contributed by atoms with E-state index in [4.69, 9.17) is 0 Å². The fourth-order valence-electron chi connectivity index (χ4n) is 4.28. The first kappa shape index (κ1) is 28.6. The summed E-state index contributed by atoms with van der Waals surface area (Å²) in [6, 6.07) is 0. The van der Waals surface area contributed by atoms with Gasteiger partial charge in [0.15, 0.2) is 0 Å². The lowest BCUT2D eigenvalue weighted by Crippen LogP contribution is -2.28. The number of carboxylic acids is 1. The van der Waals surface area contributed by atoms with Crippen LogP contribution in [0.25, 0.3) is 0 Å². The number of hydrazone groups is 1. The van der Waals surface area contributed by atoms with Crippen LogP contribution in [0.3, 0.4) is 0 Å². The Bertz CT molecular complexity index is 1190. The Morgan fingerprint density at radius 1 is 1.08 bits per heavy atom. The Labute approximate surface area is 226 Å². The quantitative estimate of drug-likeness (QED) is 0.341. The van der Waals surface area contributed by atoms with Gasteiger partial charge in [-0.25, -0.2) is 4.79 Å². The minimum atomic E-state index is -0.968. The van der Waals surface area contributed by atoms with E-state index in [1.54, 1.807) is 18.2 Å². The minimum absolute atomic E-state index is 0.235. The van der Waals surface area contributed by atoms with Gasteiger partial charge < -0.3 is 10.0 Å². The van der Waals surface area contributed by atoms with E-state index < -0.39 is 5.97 Å². The van der Waals surface area contributed by atoms with Crippen LogP contribution in [0.1, 0.15) is 33.6 Å². The third-order valence-corrected chi connectivity index (χ3v) is 6.35. The van der Waals surface area contributed by atoms with Crippen LogP contribution in [-0.4, -0.2) is 70.2 Å².